The smallest absolute Gasteiger partial charge is 0.168 e. The van der Waals surface area contributed by atoms with Crippen molar-refractivity contribution in [2.45, 2.75) is 18.2 Å². The average Bonchev–Trinajstić information content (AvgIpc) is 2.42. The molecule has 0 N–H and O–H groups in total. The van der Waals surface area contributed by atoms with Crippen LogP contribution in [0.25, 0.3) is 0 Å². The molecule has 0 spiro atoms. The Morgan fingerprint density at radius 2 is 1.95 bits per heavy atom. The van der Waals surface area contributed by atoms with Gasteiger partial charge in [-0.25, -0.2) is 4.39 Å². The molecule has 2 rings (SSSR count). The number of carbonyl (C=O) groups excluding carboxylic acids is 1. The summed E-state index contributed by atoms with van der Waals surface area (Å²) >= 11 is 1.55. The van der Waals surface area contributed by atoms with Crippen molar-refractivity contribution < 1.29 is 9.18 Å². The van der Waals surface area contributed by atoms with Crippen molar-refractivity contribution in [3.05, 3.63) is 65.0 Å². The number of aryl methyl sites for hydroxylation is 1. The molecule has 0 unspecified atom stereocenters. The molecule has 3 heteroatoms. The molecule has 0 aliphatic carbocycles. The molecule has 0 saturated heterocycles. The highest BCUT2D eigenvalue weighted by atomic mass is 32.2. The zero-order valence-electron chi connectivity index (χ0n) is 10.9. The standard InChI is InChI=1S/C16H15FOS/c1-11-7-8-13(17)9-12(11)10-15(18)14-5-3-4-6-16(14)19-2/h3-9H,10H2,1-2H3. The topological polar surface area (TPSA) is 17.1 Å². The lowest BCUT2D eigenvalue weighted by Crippen LogP contribution is -2.06. The summed E-state index contributed by atoms with van der Waals surface area (Å²) < 4.78 is 13.2. The SMILES string of the molecule is CSc1ccccc1C(=O)Cc1cc(F)ccc1C. The molecule has 0 aliphatic heterocycles. The first-order chi connectivity index (χ1) is 9.11. The number of carbonyl (C=O) groups is 1. The number of halogens is 1. The maximum Gasteiger partial charge on any atom is 0.168 e. The molecular weight excluding hydrogens is 259 g/mol. The van der Waals surface area contributed by atoms with Crippen LogP contribution in [0.3, 0.4) is 0 Å². The van der Waals surface area contributed by atoms with Crippen molar-refractivity contribution in [1.29, 1.82) is 0 Å². The van der Waals surface area contributed by atoms with Gasteiger partial charge in [-0.15, -0.1) is 11.8 Å². The van der Waals surface area contributed by atoms with Crippen LogP contribution in [0.5, 0.6) is 0 Å². The van der Waals surface area contributed by atoms with Crippen LogP contribution >= 0.6 is 11.8 Å². The normalized spacial score (nSPS) is 10.5. The highest BCUT2D eigenvalue weighted by Gasteiger charge is 2.12. The van der Waals surface area contributed by atoms with Crippen molar-refractivity contribution in [2.75, 3.05) is 6.26 Å². The van der Waals surface area contributed by atoms with Gasteiger partial charge in [0.15, 0.2) is 5.78 Å². The van der Waals surface area contributed by atoms with E-state index in [9.17, 15) is 9.18 Å². The Hall–Kier alpha value is -1.61. The minimum atomic E-state index is -0.299. The summed E-state index contributed by atoms with van der Waals surface area (Å²) in [5.41, 5.74) is 2.40. The van der Waals surface area contributed by atoms with E-state index in [-0.39, 0.29) is 18.0 Å². The number of benzene rings is 2. The van der Waals surface area contributed by atoms with Gasteiger partial charge in [0.2, 0.25) is 0 Å². The van der Waals surface area contributed by atoms with Gasteiger partial charge in [-0.1, -0.05) is 24.3 Å². The molecule has 1 nitrogen and oxygen atoms in total. The van der Waals surface area contributed by atoms with Crippen molar-refractivity contribution in [2.24, 2.45) is 0 Å². The van der Waals surface area contributed by atoms with E-state index in [4.69, 9.17) is 0 Å². The summed E-state index contributed by atoms with van der Waals surface area (Å²) in [7, 11) is 0. The predicted molar refractivity (Wildman–Crippen MR) is 77.4 cm³/mol. The van der Waals surface area contributed by atoms with Crippen LogP contribution in [0.1, 0.15) is 21.5 Å². The molecule has 0 atom stereocenters. The number of hydrogen-bond donors (Lipinski definition) is 0. The highest BCUT2D eigenvalue weighted by molar-refractivity contribution is 7.98. The van der Waals surface area contributed by atoms with Crippen LogP contribution in [0.4, 0.5) is 4.39 Å². The predicted octanol–water partition coefficient (Wildman–Crippen LogP) is 4.28. The number of Topliss-reactive ketones (excluding diaryl/α,β-unsaturated/α-hetero) is 1. The van der Waals surface area contributed by atoms with Gasteiger partial charge in [0.25, 0.3) is 0 Å². The first-order valence-corrected chi connectivity index (χ1v) is 7.25. The summed E-state index contributed by atoms with van der Waals surface area (Å²) in [5.74, 6) is -0.273. The van der Waals surface area contributed by atoms with E-state index in [0.717, 1.165) is 16.0 Å². The van der Waals surface area contributed by atoms with Crippen LogP contribution in [0, 0.1) is 12.7 Å². The van der Waals surface area contributed by atoms with Crippen LogP contribution in [0.2, 0.25) is 0 Å². The van der Waals surface area contributed by atoms with E-state index in [1.165, 1.54) is 12.1 Å². The molecular formula is C16H15FOS. The third kappa shape index (κ3) is 3.24. The van der Waals surface area contributed by atoms with E-state index >= 15 is 0 Å². The number of hydrogen-bond acceptors (Lipinski definition) is 2. The molecule has 19 heavy (non-hydrogen) atoms. The van der Waals surface area contributed by atoms with Crippen LogP contribution in [0.15, 0.2) is 47.4 Å². The van der Waals surface area contributed by atoms with Gasteiger partial charge in [0.1, 0.15) is 5.82 Å². The molecule has 0 bridgehead atoms. The molecule has 0 saturated carbocycles. The van der Waals surface area contributed by atoms with Gasteiger partial charge in [-0.05, 0) is 42.5 Å². The van der Waals surface area contributed by atoms with Crippen molar-refractivity contribution in [3.8, 4) is 0 Å². The largest absolute Gasteiger partial charge is 0.294 e. The van der Waals surface area contributed by atoms with Crippen LogP contribution in [-0.2, 0) is 6.42 Å². The number of rotatable bonds is 4. The van der Waals surface area contributed by atoms with Gasteiger partial charge >= 0.3 is 0 Å². The molecule has 0 aromatic heterocycles. The van der Waals surface area contributed by atoms with Crippen LogP contribution < -0.4 is 0 Å². The Labute approximate surface area is 116 Å². The fourth-order valence-corrected chi connectivity index (χ4v) is 2.59. The minimum absolute atomic E-state index is 0.0265. The zero-order chi connectivity index (χ0) is 13.8. The minimum Gasteiger partial charge on any atom is -0.294 e. The fraction of sp³-hybridized carbons (Fsp3) is 0.188. The summed E-state index contributed by atoms with van der Waals surface area (Å²) in [4.78, 5) is 13.3. The molecule has 2 aromatic carbocycles. The third-order valence-electron chi connectivity index (χ3n) is 3.07. The van der Waals surface area contributed by atoms with Crippen molar-refractivity contribution >= 4 is 17.5 Å². The van der Waals surface area contributed by atoms with Gasteiger partial charge in [-0.3, -0.25) is 4.79 Å². The number of thioether (sulfide) groups is 1. The summed E-state index contributed by atoms with van der Waals surface area (Å²) in [5, 5.41) is 0. The first kappa shape index (κ1) is 13.8. The maximum absolute atomic E-state index is 13.2. The summed E-state index contributed by atoms with van der Waals surface area (Å²) in [6.45, 7) is 1.89. The second-order valence-electron chi connectivity index (χ2n) is 4.37. The molecule has 2 aromatic rings. The lowest BCUT2D eigenvalue weighted by atomic mass is 9.99. The Balaban J connectivity index is 2.28. The fourth-order valence-electron chi connectivity index (χ4n) is 1.97. The molecule has 0 amide bonds. The van der Waals surface area contributed by atoms with Crippen molar-refractivity contribution in [1.82, 2.24) is 0 Å². The Morgan fingerprint density at radius 3 is 2.68 bits per heavy atom. The summed E-state index contributed by atoms with van der Waals surface area (Å²) in [6.07, 6.45) is 2.18. The zero-order valence-corrected chi connectivity index (χ0v) is 11.8. The van der Waals surface area contributed by atoms with E-state index in [1.807, 2.05) is 37.4 Å². The van der Waals surface area contributed by atoms with E-state index in [0.29, 0.717) is 5.56 Å². The monoisotopic (exact) mass is 274 g/mol. The van der Waals surface area contributed by atoms with Gasteiger partial charge in [-0.2, -0.15) is 0 Å². The maximum atomic E-state index is 13.2. The average molecular weight is 274 g/mol. The molecule has 0 aliphatic rings. The third-order valence-corrected chi connectivity index (χ3v) is 3.87. The Morgan fingerprint density at radius 1 is 1.21 bits per heavy atom. The van der Waals surface area contributed by atoms with Gasteiger partial charge in [0.05, 0.1) is 0 Å². The van der Waals surface area contributed by atoms with E-state index in [2.05, 4.69) is 0 Å². The van der Waals surface area contributed by atoms with Gasteiger partial charge < -0.3 is 0 Å². The number of ketones is 1. The van der Waals surface area contributed by atoms with Crippen molar-refractivity contribution in [3.63, 3.8) is 0 Å². The Bertz CT molecular complexity index is 607. The molecule has 0 radical (unpaired) electrons. The second-order valence-corrected chi connectivity index (χ2v) is 5.22. The molecule has 0 fully saturated rings. The summed E-state index contributed by atoms with van der Waals surface area (Å²) in [6, 6.07) is 12.1. The highest BCUT2D eigenvalue weighted by Crippen LogP contribution is 2.22. The quantitative estimate of drug-likeness (QED) is 0.611. The lowest BCUT2D eigenvalue weighted by Gasteiger charge is -2.08. The van der Waals surface area contributed by atoms with E-state index in [1.54, 1.807) is 17.8 Å². The first-order valence-electron chi connectivity index (χ1n) is 6.03. The molecule has 0 heterocycles. The molecule has 98 valence electrons. The lowest BCUT2D eigenvalue weighted by molar-refractivity contribution is 0.0990. The second kappa shape index (κ2) is 6.02. The van der Waals surface area contributed by atoms with Gasteiger partial charge in [0, 0.05) is 16.9 Å². The van der Waals surface area contributed by atoms with E-state index < -0.39 is 0 Å². The Kier molecular flexibility index (Phi) is 4.38. The van der Waals surface area contributed by atoms with Crippen LogP contribution in [-0.4, -0.2) is 12.0 Å².